The molecule has 1 N–H and O–H groups in total. The van der Waals surface area contributed by atoms with E-state index >= 15 is 0 Å². The lowest BCUT2D eigenvalue weighted by molar-refractivity contribution is 0.0988. The normalized spacial score (nSPS) is 9.83. The molecule has 0 aromatic heterocycles. The van der Waals surface area contributed by atoms with Crippen LogP contribution in [0.3, 0.4) is 0 Å². The monoisotopic (exact) mass is 162 g/mol. The number of nitrogens with one attached hydrogen (secondary N) is 1. The fourth-order valence-electron chi connectivity index (χ4n) is 1.01. The van der Waals surface area contributed by atoms with Gasteiger partial charge >= 0.3 is 0 Å². The molecule has 1 aromatic carbocycles. The van der Waals surface area contributed by atoms with Crippen LogP contribution in [0.1, 0.15) is 29.3 Å². The molecule has 1 aromatic rings. The van der Waals surface area contributed by atoms with E-state index in [2.05, 4.69) is 0 Å². The first-order valence-corrected chi connectivity index (χ1v) is 4.04. The Morgan fingerprint density at radius 3 is 2.33 bits per heavy atom. The third-order valence-electron chi connectivity index (χ3n) is 1.80. The highest BCUT2D eigenvalue weighted by molar-refractivity contribution is 5.95. The number of rotatable bonds is 3. The van der Waals surface area contributed by atoms with Gasteiger partial charge in [-0.2, -0.15) is 0 Å². The van der Waals surface area contributed by atoms with Crippen molar-refractivity contribution in [3.8, 4) is 0 Å². The van der Waals surface area contributed by atoms with Crippen molar-refractivity contribution in [3.05, 3.63) is 35.4 Å². The molecule has 63 valence electrons. The molecule has 0 bridgehead atoms. The summed E-state index contributed by atoms with van der Waals surface area (Å²) in [6.07, 6.45) is 0.542. The summed E-state index contributed by atoms with van der Waals surface area (Å²) < 4.78 is 0. The van der Waals surface area contributed by atoms with Crippen LogP contribution in [0.15, 0.2) is 24.3 Å². The predicted molar refractivity (Wildman–Crippen MR) is 47.9 cm³/mol. The molecule has 0 atom stereocenters. The first-order chi connectivity index (χ1) is 5.77. The summed E-state index contributed by atoms with van der Waals surface area (Å²) in [6, 6.07) is 7.23. The molecule has 0 fully saturated rings. The molecule has 12 heavy (non-hydrogen) atoms. The third kappa shape index (κ3) is 1.92. The van der Waals surface area contributed by atoms with Crippen molar-refractivity contribution in [1.29, 1.82) is 0 Å². The zero-order valence-corrected chi connectivity index (χ0v) is 7.13. The van der Waals surface area contributed by atoms with Crippen LogP contribution in [0.4, 0.5) is 0 Å². The minimum Gasteiger partial charge on any atom is -0.294 e. The second-order valence-electron chi connectivity index (χ2n) is 2.65. The van der Waals surface area contributed by atoms with Crippen LogP contribution < -0.4 is 5.73 Å². The highest BCUT2D eigenvalue weighted by Crippen LogP contribution is 2.06. The van der Waals surface area contributed by atoms with Crippen molar-refractivity contribution in [2.24, 2.45) is 0 Å². The molecule has 2 heteroatoms. The number of benzene rings is 1. The Balaban J connectivity index is 2.84. The van der Waals surface area contributed by atoms with Crippen LogP contribution in [0.5, 0.6) is 0 Å². The summed E-state index contributed by atoms with van der Waals surface area (Å²) in [5, 5.41) is 0. The molecule has 0 aliphatic heterocycles. The smallest absolute Gasteiger partial charge is 0.162 e. The Hall–Kier alpha value is -1.15. The molecular weight excluding hydrogens is 150 g/mol. The van der Waals surface area contributed by atoms with Gasteiger partial charge in [-0.25, -0.2) is 0 Å². The summed E-state index contributed by atoms with van der Waals surface area (Å²) in [5.74, 6) is 0.159. The number of carbonyl (C=O) groups is 1. The molecule has 0 heterocycles. The fraction of sp³-hybridized carbons (Fsp3) is 0.300. The predicted octanol–water partition coefficient (Wildman–Crippen LogP) is 2.06. The molecule has 2 nitrogen and oxygen atoms in total. The maximum Gasteiger partial charge on any atom is 0.162 e. The van der Waals surface area contributed by atoms with Crippen LogP contribution in [0.2, 0.25) is 0 Å². The van der Waals surface area contributed by atoms with Gasteiger partial charge in [0.05, 0.1) is 0 Å². The van der Waals surface area contributed by atoms with E-state index in [9.17, 15) is 4.79 Å². The van der Waals surface area contributed by atoms with Crippen molar-refractivity contribution >= 4 is 5.78 Å². The van der Waals surface area contributed by atoms with Gasteiger partial charge in [-0.3, -0.25) is 10.5 Å². The lowest BCUT2D eigenvalue weighted by Gasteiger charge is -1.98. The summed E-state index contributed by atoms with van der Waals surface area (Å²) in [5.41, 5.74) is 8.77. The second kappa shape index (κ2) is 4.02. The summed E-state index contributed by atoms with van der Waals surface area (Å²) in [6.45, 7) is 2.13. The summed E-state index contributed by atoms with van der Waals surface area (Å²) in [4.78, 5) is 11.2. The Kier molecular flexibility index (Phi) is 3.00. The van der Waals surface area contributed by atoms with Gasteiger partial charge in [0.25, 0.3) is 0 Å². The average Bonchev–Trinajstić information content (AvgIpc) is 2.17. The van der Waals surface area contributed by atoms with Gasteiger partial charge in [-0.15, -0.1) is 0 Å². The molecule has 0 aliphatic carbocycles. The SMILES string of the molecule is CCC(=O)c1ccc(C[NH])cc1. The van der Waals surface area contributed by atoms with E-state index in [1.807, 2.05) is 19.1 Å². The maximum absolute atomic E-state index is 11.2. The number of hydrogen-bond acceptors (Lipinski definition) is 1. The lowest BCUT2D eigenvalue weighted by atomic mass is 10.1. The zero-order chi connectivity index (χ0) is 8.97. The number of ketones is 1. The van der Waals surface area contributed by atoms with Crippen molar-refractivity contribution in [1.82, 2.24) is 5.73 Å². The summed E-state index contributed by atoms with van der Waals surface area (Å²) >= 11 is 0. The summed E-state index contributed by atoms with van der Waals surface area (Å²) in [7, 11) is 0. The molecule has 0 amide bonds. The van der Waals surface area contributed by atoms with Crippen molar-refractivity contribution in [2.75, 3.05) is 0 Å². The molecule has 1 radical (unpaired) electrons. The average molecular weight is 162 g/mol. The van der Waals surface area contributed by atoms with E-state index in [0.717, 1.165) is 11.1 Å². The Morgan fingerprint density at radius 2 is 1.92 bits per heavy atom. The minimum atomic E-state index is 0.159. The minimum absolute atomic E-state index is 0.159. The fourth-order valence-corrected chi connectivity index (χ4v) is 1.01. The van der Waals surface area contributed by atoms with E-state index in [-0.39, 0.29) is 12.3 Å². The van der Waals surface area contributed by atoms with Crippen LogP contribution >= 0.6 is 0 Å². The molecule has 0 spiro atoms. The van der Waals surface area contributed by atoms with Crippen molar-refractivity contribution < 1.29 is 4.79 Å². The van der Waals surface area contributed by atoms with Gasteiger partial charge in [0.15, 0.2) is 5.78 Å². The van der Waals surface area contributed by atoms with Gasteiger partial charge in [0.2, 0.25) is 0 Å². The Labute approximate surface area is 72.4 Å². The van der Waals surface area contributed by atoms with E-state index in [1.165, 1.54) is 0 Å². The van der Waals surface area contributed by atoms with E-state index < -0.39 is 0 Å². The molecule has 0 saturated carbocycles. The first kappa shape index (κ1) is 8.94. The number of carbonyl (C=O) groups excluding carboxylic acids is 1. The first-order valence-electron chi connectivity index (χ1n) is 4.04. The van der Waals surface area contributed by atoms with Crippen molar-refractivity contribution in [2.45, 2.75) is 19.9 Å². The Bertz CT molecular complexity index is 264. The number of hydrogen-bond donors (Lipinski definition) is 0. The largest absolute Gasteiger partial charge is 0.294 e. The molecule has 1 rings (SSSR count). The van der Waals surface area contributed by atoms with Crippen LogP contribution in [-0.4, -0.2) is 5.78 Å². The quantitative estimate of drug-likeness (QED) is 0.627. The standard InChI is InChI=1S/C10H12NO/c1-2-10(12)9-5-3-8(7-11)4-6-9/h3-6,11H,2,7H2,1H3. The van der Waals surface area contributed by atoms with Gasteiger partial charge in [0.1, 0.15) is 0 Å². The zero-order valence-electron chi connectivity index (χ0n) is 7.13. The van der Waals surface area contributed by atoms with Crippen LogP contribution in [-0.2, 0) is 6.54 Å². The topological polar surface area (TPSA) is 40.9 Å². The van der Waals surface area contributed by atoms with Gasteiger partial charge in [0, 0.05) is 18.5 Å². The molecule has 0 saturated heterocycles. The van der Waals surface area contributed by atoms with Gasteiger partial charge in [-0.1, -0.05) is 31.2 Å². The molecular formula is C10H12NO. The van der Waals surface area contributed by atoms with Crippen LogP contribution in [0.25, 0.3) is 0 Å². The van der Waals surface area contributed by atoms with Crippen LogP contribution in [0, 0.1) is 0 Å². The van der Waals surface area contributed by atoms with Crippen molar-refractivity contribution in [3.63, 3.8) is 0 Å². The highest BCUT2D eigenvalue weighted by atomic mass is 16.1. The maximum atomic E-state index is 11.2. The lowest BCUT2D eigenvalue weighted by Crippen LogP contribution is -1.96. The van der Waals surface area contributed by atoms with Gasteiger partial charge < -0.3 is 0 Å². The van der Waals surface area contributed by atoms with Gasteiger partial charge in [-0.05, 0) is 5.56 Å². The Morgan fingerprint density at radius 1 is 1.33 bits per heavy atom. The van der Waals surface area contributed by atoms with E-state index in [4.69, 9.17) is 5.73 Å². The molecule has 0 aliphatic rings. The highest BCUT2D eigenvalue weighted by Gasteiger charge is 2.00. The second-order valence-corrected chi connectivity index (χ2v) is 2.65. The third-order valence-corrected chi connectivity index (χ3v) is 1.80. The van der Waals surface area contributed by atoms with E-state index in [1.54, 1.807) is 12.1 Å². The molecule has 0 unspecified atom stereocenters. The number of Topliss-reactive ketones (excluding diaryl/α,β-unsaturated/α-hetero) is 1. The van der Waals surface area contributed by atoms with E-state index in [0.29, 0.717) is 6.42 Å².